The van der Waals surface area contributed by atoms with Gasteiger partial charge in [0.25, 0.3) is 5.91 Å². The van der Waals surface area contributed by atoms with Crippen molar-refractivity contribution in [2.45, 2.75) is 33.0 Å². The number of aryl methyl sites for hydroxylation is 1. The maximum Gasteiger partial charge on any atom is 0.272 e. The third kappa shape index (κ3) is 5.06. The Hall–Kier alpha value is -3.66. The highest BCUT2D eigenvalue weighted by atomic mass is 19.1. The molecule has 1 aromatic carbocycles. The predicted molar refractivity (Wildman–Crippen MR) is 123 cm³/mol. The molecule has 0 saturated carbocycles. The van der Waals surface area contributed by atoms with E-state index in [-0.39, 0.29) is 35.4 Å². The van der Waals surface area contributed by atoms with Crippen LogP contribution in [0.2, 0.25) is 0 Å². The molecule has 33 heavy (non-hydrogen) atoms. The van der Waals surface area contributed by atoms with Gasteiger partial charge in [0.2, 0.25) is 5.95 Å². The summed E-state index contributed by atoms with van der Waals surface area (Å²) >= 11 is 0. The lowest BCUT2D eigenvalue weighted by Gasteiger charge is -2.35. The molecule has 0 unspecified atom stereocenters. The fourth-order valence-electron chi connectivity index (χ4n) is 3.75. The van der Waals surface area contributed by atoms with E-state index in [1.165, 1.54) is 7.05 Å². The van der Waals surface area contributed by atoms with Crippen LogP contribution in [0.5, 0.6) is 0 Å². The summed E-state index contributed by atoms with van der Waals surface area (Å²) in [5, 5.41) is 13.6. The summed E-state index contributed by atoms with van der Waals surface area (Å²) in [6.07, 6.45) is 1.15. The van der Waals surface area contributed by atoms with Crippen LogP contribution in [0.25, 0.3) is 11.1 Å². The first kappa shape index (κ1) is 22.5. The van der Waals surface area contributed by atoms with Crippen molar-refractivity contribution in [2.75, 3.05) is 30.4 Å². The van der Waals surface area contributed by atoms with Gasteiger partial charge in [0.05, 0.1) is 18.4 Å². The molecular weight excluding hydrogens is 425 g/mol. The molecule has 9 nitrogen and oxygen atoms in total. The van der Waals surface area contributed by atoms with Crippen LogP contribution in [0.15, 0.2) is 36.5 Å². The maximum atomic E-state index is 14.6. The number of morpholine rings is 1. The molecule has 1 aliphatic heterocycles. The number of ether oxygens (including phenoxy) is 1. The average Bonchev–Trinajstić information content (AvgIpc) is 2.80. The largest absolute Gasteiger partial charge is 0.372 e. The van der Waals surface area contributed by atoms with Crippen LogP contribution in [0.1, 0.15) is 29.9 Å². The van der Waals surface area contributed by atoms with Gasteiger partial charge in [-0.15, -0.1) is 10.2 Å². The summed E-state index contributed by atoms with van der Waals surface area (Å²) in [6, 6.07) is 9.33. The summed E-state index contributed by atoms with van der Waals surface area (Å²) in [6.45, 7) is 7.14. The topological polar surface area (TPSA) is 105 Å². The molecule has 172 valence electrons. The Morgan fingerprint density at radius 2 is 1.85 bits per heavy atom. The molecule has 1 fully saturated rings. The van der Waals surface area contributed by atoms with E-state index in [0.717, 1.165) is 17.3 Å². The number of carbonyl (C=O) groups is 1. The first-order valence-electron chi connectivity index (χ1n) is 10.7. The zero-order chi connectivity index (χ0) is 23.5. The average molecular weight is 452 g/mol. The molecule has 1 saturated heterocycles. The van der Waals surface area contributed by atoms with E-state index in [1.807, 2.05) is 49.9 Å². The standard InChI is InChI=1S/C23H26FN7O2/c1-13-5-7-16(8-6-13)17-9-19(29-30-20(17)22(32)25-4)27-21-18(24)10-26-23(28-21)31-11-14(2)33-15(3)12-31/h5-10,14-15H,11-12H2,1-4H3,(H,25,32)(H,26,27,28,29)/t14-,15+. The molecule has 0 spiro atoms. The van der Waals surface area contributed by atoms with Gasteiger partial charge >= 0.3 is 0 Å². The molecule has 3 aromatic rings. The monoisotopic (exact) mass is 451 g/mol. The van der Waals surface area contributed by atoms with Gasteiger partial charge in [-0.3, -0.25) is 4.79 Å². The molecule has 1 aliphatic rings. The lowest BCUT2D eigenvalue weighted by atomic mass is 10.0. The first-order chi connectivity index (χ1) is 15.8. The number of rotatable bonds is 5. The van der Waals surface area contributed by atoms with E-state index in [0.29, 0.717) is 24.6 Å². The number of anilines is 3. The number of carbonyl (C=O) groups excluding carboxylic acids is 1. The van der Waals surface area contributed by atoms with Crippen molar-refractivity contribution in [3.63, 3.8) is 0 Å². The van der Waals surface area contributed by atoms with Gasteiger partial charge in [0.1, 0.15) is 0 Å². The third-order valence-electron chi connectivity index (χ3n) is 5.28. The molecule has 0 aliphatic carbocycles. The zero-order valence-corrected chi connectivity index (χ0v) is 19.0. The van der Waals surface area contributed by atoms with Crippen LogP contribution in [0.4, 0.5) is 22.0 Å². The number of amides is 1. The summed E-state index contributed by atoms with van der Waals surface area (Å²) in [7, 11) is 1.53. The lowest BCUT2D eigenvalue weighted by Crippen LogP contribution is -2.46. The van der Waals surface area contributed by atoms with Crippen LogP contribution in [0.3, 0.4) is 0 Å². The molecule has 4 rings (SSSR count). The zero-order valence-electron chi connectivity index (χ0n) is 19.0. The van der Waals surface area contributed by atoms with Gasteiger partial charge < -0.3 is 20.3 Å². The summed E-state index contributed by atoms with van der Waals surface area (Å²) in [5.74, 6) is -0.360. The van der Waals surface area contributed by atoms with Crippen molar-refractivity contribution in [3.05, 3.63) is 53.6 Å². The minimum Gasteiger partial charge on any atom is -0.372 e. The fraction of sp³-hybridized carbons (Fsp3) is 0.348. The van der Waals surface area contributed by atoms with Gasteiger partial charge in [-0.2, -0.15) is 4.98 Å². The van der Waals surface area contributed by atoms with Gasteiger partial charge in [-0.05, 0) is 32.4 Å². The molecule has 0 radical (unpaired) electrons. The minimum atomic E-state index is -0.623. The quantitative estimate of drug-likeness (QED) is 0.610. The van der Waals surface area contributed by atoms with E-state index in [1.54, 1.807) is 6.07 Å². The third-order valence-corrected chi connectivity index (χ3v) is 5.28. The maximum absolute atomic E-state index is 14.6. The highest BCUT2D eigenvalue weighted by Crippen LogP contribution is 2.27. The predicted octanol–water partition coefficient (Wildman–Crippen LogP) is 3.10. The Morgan fingerprint density at radius 1 is 1.15 bits per heavy atom. The van der Waals surface area contributed by atoms with E-state index in [9.17, 15) is 9.18 Å². The van der Waals surface area contributed by atoms with E-state index in [2.05, 4.69) is 30.8 Å². The number of benzene rings is 1. The van der Waals surface area contributed by atoms with Crippen molar-refractivity contribution in [1.29, 1.82) is 0 Å². The number of nitrogens with one attached hydrogen (secondary N) is 2. The van der Waals surface area contributed by atoms with E-state index in [4.69, 9.17) is 4.74 Å². The second-order valence-corrected chi connectivity index (χ2v) is 8.09. The second-order valence-electron chi connectivity index (χ2n) is 8.09. The minimum absolute atomic E-state index is 0.0130. The summed E-state index contributed by atoms with van der Waals surface area (Å²) in [4.78, 5) is 22.8. The Bertz CT molecular complexity index is 1150. The number of halogens is 1. The highest BCUT2D eigenvalue weighted by Gasteiger charge is 2.25. The first-order valence-corrected chi connectivity index (χ1v) is 10.7. The van der Waals surface area contributed by atoms with Crippen molar-refractivity contribution >= 4 is 23.5 Å². The van der Waals surface area contributed by atoms with Crippen molar-refractivity contribution in [1.82, 2.24) is 25.5 Å². The fourth-order valence-corrected chi connectivity index (χ4v) is 3.75. The highest BCUT2D eigenvalue weighted by molar-refractivity contribution is 5.99. The molecule has 0 bridgehead atoms. The Labute approximate surface area is 191 Å². The number of hydrogen-bond donors (Lipinski definition) is 2. The SMILES string of the molecule is CNC(=O)c1nnc(Nc2nc(N3C[C@@H](C)O[C@@H](C)C3)ncc2F)cc1-c1ccc(C)cc1. The van der Waals surface area contributed by atoms with Crippen molar-refractivity contribution in [3.8, 4) is 11.1 Å². The molecule has 10 heteroatoms. The normalized spacial score (nSPS) is 18.2. The van der Waals surface area contributed by atoms with Crippen LogP contribution >= 0.6 is 0 Å². The lowest BCUT2D eigenvalue weighted by molar-refractivity contribution is -0.00572. The second kappa shape index (κ2) is 9.45. The number of nitrogens with zero attached hydrogens (tertiary/aromatic N) is 5. The Kier molecular flexibility index (Phi) is 6.45. The van der Waals surface area contributed by atoms with Crippen LogP contribution in [-0.2, 0) is 4.74 Å². The van der Waals surface area contributed by atoms with Crippen molar-refractivity contribution in [2.24, 2.45) is 0 Å². The number of hydrogen-bond acceptors (Lipinski definition) is 8. The molecule has 2 atom stereocenters. The Morgan fingerprint density at radius 3 is 2.52 bits per heavy atom. The van der Waals surface area contributed by atoms with Gasteiger partial charge in [-0.1, -0.05) is 29.8 Å². The molecule has 2 N–H and O–H groups in total. The molecule has 2 aromatic heterocycles. The molecule has 3 heterocycles. The summed E-state index contributed by atoms with van der Waals surface area (Å²) < 4.78 is 20.3. The van der Waals surface area contributed by atoms with E-state index >= 15 is 0 Å². The van der Waals surface area contributed by atoms with Gasteiger partial charge in [0.15, 0.2) is 23.1 Å². The summed E-state index contributed by atoms with van der Waals surface area (Å²) in [5.41, 5.74) is 2.62. The van der Waals surface area contributed by atoms with Gasteiger partial charge in [0, 0.05) is 25.7 Å². The number of aromatic nitrogens is 4. The van der Waals surface area contributed by atoms with Crippen LogP contribution in [0, 0.1) is 12.7 Å². The smallest absolute Gasteiger partial charge is 0.272 e. The Balaban J connectivity index is 1.67. The molecular formula is C23H26FN7O2. The van der Waals surface area contributed by atoms with Gasteiger partial charge in [-0.25, -0.2) is 9.37 Å². The van der Waals surface area contributed by atoms with E-state index < -0.39 is 5.82 Å². The molecule has 1 amide bonds. The van der Waals surface area contributed by atoms with Crippen molar-refractivity contribution < 1.29 is 13.9 Å². The van der Waals surface area contributed by atoms with Crippen LogP contribution < -0.4 is 15.5 Å². The van der Waals surface area contributed by atoms with Crippen LogP contribution in [-0.4, -0.2) is 58.4 Å².